The first-order valence-electron chi connectivity index (χ1n) is 3.68. The highest BCUT2D eigenvalue weighted by atomic mass is 19.2. The van der Waals surface area contributed by atoms with Gasteiger partial charge in [0.1, 0.15) is 6.04 Å². The number of aromatic nitrogens is 2. The van der Waals surface area contributed by atoms with E-state index in [1.165, 1.54) is 0 Å². The predicted octanol–water partition coefficient (Wildman–Crippen LogP) is 0.606. The van der Waals surface area contributed by atoms with Crippen LogP contribution in [0.1, 0.15) is 0 Å². The fraction of sp³-hybridized carbons (Fsp3) is 0.286. The van der Waals surface area contributed by atoms with Crippen LogP contribution in [0.2, 0.25) is 0 Å². The summed E-state index contributed by atoms with van der Waals surface area (Å²) in [6, 6.07) is 1.25. The lowest BCUT2D eigenvalue weighted by Gasteiger charge is -2.02. The van der Waals surface area contributed by atoms with E-state index < -0.39 is 29.7 Å². The normalized spacial score (nSPS) is 19.3. The minimum Gasteiger partial charge on any atom is -0.333 e. The molecule has 2 heterocycles. The molecule has 0 aromatic carbocycles. The molecule has 0 radical (unpaired) electrons. The fourth-order valence-electron chi connectivity index (χ4n) is 1.06. The molecule has 0 spiro atoms. The standard InChI is InChI=1S/C7H3F3N4/c8-4-5(9)12-7(10)13-6(4)14-2-3(14)1-11/h3H,2H2. The van der Waals surface area contributed by atoms with Crippen LogP contribution in [0.3, 0.4) is 0 Å². The molecule has 1 aromatic rings. The molecule has 72 valence electrons. The lowest BCUT2D eigenvalue weighted by molar-refractivity contribution is 0.428. The molecule has 1 aliphatic rings. The van der Waals surface area contributed by atoms with Crippen LogP contribution in [0.5, 0.6) is 0 Å². The van der Waals surface area contributed by atoms with E-state index in [1.54, 1.807) is 0 Å². The third kappa shape index (κ3) is 1.25. The van der Waals surface area contributed by atoms with E-state index in [9.17, 15) is 13.2 Å². The molecule has 0 N–H and O–H groups in total. The molecule has 14 heavy (non-hydrogen) atoms. The van der Waals surface area contributed by atoms with Crippen molar-refractivity contribution in [1.29, 1.82) is 5.26 Å². The number of anilines is 1. The Balaban J connectivity index is 2.40. The second-order valence-corrected chi connectivity index (χ2v) is 2.72. The first-order chi connectivity index (χ1) is 6.63. The molecule has 4 nitrogen and oxygen atoms in total. The van der Waals surface area contributed by atoms with Gasteiger partial charge in [-0.1, -0.05) is 0 Å². The maximum absolute atomic E-state index is 13.0. The van der Waals surface area contributed by atoms with E-state index in [0.29, 0.717) is 0 Å². The van der Waals surface area contributed by atoms with E-state index >= 15 is 0 Å². The van der Waals surface area contributed by atoms with Crippen molar-refractivity contribution in [3.63, 3.8) is 0 Å². The summed E-state index contributed by atoms with van der Waals surface area (Å²) in [6.07, 6.45) is -1.34. The Kier molecular flexibility index (Phi) is 1.77. The van der Waals surface area contributed by atoms with Crippen molar-refractivity contribution in [3.05, 3.63) is 17.8 Å². The van der Waals surface area contributed by atoms with E-state index in [-0.39, 0.29) is 6.54 Å². The van der Waals surface area contributed by atoms with Gasteiger partial charge in [0.05, 0.1) is 12.6 Å². The minimum absolute atomic E-state index is 0.226. The quantitative estimate of drug-likeness (QED) is 0.378. The molecule has 7 heteroatoms. The Bertz CT molecular complexity index is 428. The zero-order valence-corrected chi connectivity index (χ0v) is 6.71. The fourth-order valence-corrected chi connectivity index (χ4v) is 1.06. The molecule has 0 bridgehead atoms. The van der Waals surface area contributed by atoms with Crippen molar-refractivity contribution in [2.24, 2.45) is 0 Å². The molecule has 0 amide bonds. The summed E-state index contributed by atoms with van der Waals surface area (Å²) in [6.45, 7) is 0.226. The molecule has 1 atom stereocenters. The first kappa shape index (κ1) is 8.74. The number of nitriles is 1. The molecule has 1 aliphatic heterocycles. The van der Waals surface area contributed by atoms with Gasteiger partial charge in [-0.2, -0.15) is 28.4 Å². The van der Waals surface area contributed by atoms with Crippen molar-refractivity contribution in [1.82, 2.24) is 9.97 Å². The van der Waals surface area contributed by atoms with Crippen molar-refractivity contribution >= 4 is 5.82 Å². The van der Waals surface area contributed by atoms with Crippen LogP contribution >= 0.6 is 0 Å². The zero-order chi connectivity index (χ0) is 10.3. The monoisotopic (exact) mass is 200 g/mol. The molecule has 1 saturated heterocycles. The maximum atomic E-state index is 13.0. The number of hydrogen-bond acceptors (Lipinski definition) is 4. The van der Waals surface area contributed by atoms with E-state index in [2.05, 4.69) is 9.97 Å². The SMILES string of the molecule is N#CC1CN1c1nc(F)nc(F)c1F. The van der Waals surface area contributed by atoms with Gasteiger partial charge in [-0.3, -0.25) is 0 Å². The lowest BCUT2D eigenvalue weighted by atomic mass is 10.5. The molecular weight excluding hydrogens is 197 g/mol. The number of halogens is 3. The first-order valence-corrected chi connectivity index (χ1v) is 3.68. The number of nitrogens with zero attached hydrogens (tertiary/aromatic N) is 4. The Labute approximate surface area is 76.6 Å². The summed E-state index contributed by atoms with van der Waals surface area (Å²) in [5.41, 5.74) is 0. The van der Waals surface area contributed by atoms with Gasteiger partial charge in [0.15, 0.2) is 5.82 Å². The molecule has 1 aromatic heterocycles. The van der Waals surface area contributed by atoms with Crippen LogP contribution in [-0.4, -0.2) is 22.6 Å². The van der Waals surface area contributed by atoms with E-state index in [4.69, 9.17) is 5.26 Å². The topological polar surface area (TPSA) is 52.6 Å². The summed E-state index contributed by atoms with van der Waals surface area (Å²) < 4.78 is 38.0. The van der Waals surface area contributed by atoms with Gasteiger partial charge in [-0.15, -0.1) is 0 Å². The van der Waals surface area contributed by atoms with Crippen molar-refractivity contribution in [2.75, 3.05) is 11.4 Å². The van der Waals surface area contributed by atoms with Crippen LogP contribution in [-0.2, 0) is 0 Å². The Morgan fingerprint density at radius 2 is 2.07 bits per heavy atom. The van der Waals surface area contributed by atoms with Crippen molar-refractivity contribution in [2.45, 2.75) is 6.04 Å². The van der Waals surface area contributed by atoms with E-state index in [1.807, 2.05) is 6.07 Å². The van der Waals surface area contributed by atoms with Crippen LogP contribution in [0.25, 0.3) is 0 Å². The van der Waals surface area contributed by atoms with Gasteiger partial charge in [0, 0.05) is 0 Å². The van der Waals surface area contributed by atoms with Crippen LogP contribution in [0.4, 0.5) is 19.0 Å². The number of rotatable bonds is 1. The van der Waals surface area contributed by atoms with Gasteiger partial charge in [0.25, 0.3) is 5.95 Å². The van der Waals surface area contributed by atoms with Gasteiger partial charge in [0.2, 0.25) is 5.82 Å². The highest BCUT2D eigenvalue weighted by molar-refractivity contribution is 5.51. The van der Waals surface area contributed by atoms with Gasteiger partial charge < -0.3 is 4.90 Å². The van der Waals surface area contributed by atoms with E-state index in [0.717, 1.165) is 4.90 Å². The molecule has 0 saturated carbocycles. The second-order valence-electron chi connectivity index (χ2n) is 2.72. The van der Waals surface area contributed by atoms with Gasteiger partial charge in [-0.05, 0) is 0 Å². The minimum atomic E-state index is -1.55. The number of hydrogen-bond donors (Lipinski definition) is 0. The van der Waals surface area contributed by atoms with Crippen LogP contribution < -0.4 is 4.90 Å². The largest absolute Gasteiger partial charge is 0.333 e. The van der Waals surface area contributed by atoms with Crippen LogP contribution in [0, 0.1) is 29.2 Å². The summed E-state index contributed by atoms with van der Waals surface area (Å²) >= 11 is 0. The van der Waals surface area contributed by atoms with Crippen molar-refractivity contribution in [3.8, 4) is 6.07 Å². The lowest BCUT2D eigenvalue weighted by Crippen LogP contribution is -2.08. The highest BCUT2D eigenvalue weighted by Crippen LogP contribution is 2.28. The predicted molar refractivity (Wildman–Crippen MR) is 38.7 cm³/mol. The average Bonchev–Trinajstić information content (AvgIpc) is 2.90. The Morgan fingerprint density at radius 3 is 2.64 bits per heavy atom. The molecule has 0 aliphatic carbocycles. The summed E-state index contributed by atoms with van der Waals surface area (Å²) in [5.74, 6) is -3.37. The molecular formula is C7H3F3N4. The third-order valence-corrected chi connectivity index (χ3v) is 1.80. The average molecular weight is 200 g/mol. The van der Waals surface area contributed by atoms with Crippen molar-refractivity contribution < 1.29 is 13.2 Å². The summed E-state index contributed by atoms with van der Waals surface area (Å²) in [4.78, 5) is 6.78. The van der Waals surface area contributed by atoms with Crippen LogP contribution in [0.15, 0.2) is 0 Å². The Morgan fingerprint density at radius 1 is 1.36 bits per heavy atom. The molecule has 2 rings (SSSR count). The second kappa shape index (κ2) is 2.83. The summed E-state index contributed by atoms with van der Waals surface area (Å²) in [5, 5.41) is 8.42. The third-order valence-electron chi connectivity index (χ3n) is 1.80. The zero-order valence-electron chi connectivity index (χ0n) is 6.71. The molecule has 1 fully saturated rings. The highest BCUT2D eigenvalue weighted by Gasteiger charge is 2.38. The maximum Gasteiger partial charge on any atom is 0.313 e. The summed E-state index contributed by atoms with van der Waals surface area (Å²) in [7, 11) is 0. The Hall–Kier alpha value is -1.84. The van der Waals surface area contributed by atoms with Gasteiger partial charge >= 0.3 is 6.08 Å². The smallest absolute Gasteiger partial charge is 0.313 e. The van der Waals surface area contributed by atoms with Gasteiger partial charge in [-0.25, -0.2) is 0 Å². The molecule has 1 unspecified atom stereocenters.